The molecule has 5 heteroatoms. The number of hydrogen-bond donors (Lipinski definition) is 2. The molecule has 0 spiro atoms. The van der Waals surface area contributed by atoms with Crippen molar-refractivity contribution in [2.24, 2.45) is 0 Å². The number of halogens is 2. The summed E-state index contributed by atoms with van der Waals surface area (Å²) in [6.45, 7) is 1.46. The van der Waals surface area contributed by atoms with Crippen LogP contribution in [0.25, 0.3) is 5.57 Å². The standard InChI is InChI=1S/C17H14F2O3/c1-9(20)17-14(10-4-2-5-11(18)8-10)16(21)15-12(19)6-3-7-13(15)22-17/h2-9,16,20-21H,1H3/t9-,16?/m1/s1. The van der Waals surface area contributed by atoms with E-state index in [0.29, 0.717) is 5.56 Å². The van der Waals surface area contributed by atoms with E-state index in [4.69, 9.17) is 4.74 Å². The Morgan fingerprint density at radius 3 is 2.55 bits per heavy atom. The second-order valence-electron chi connectivity index (χ2n) is 5.12. The summed E-state index contributed by atoms with van der Waals surface area (Å²) in [4.78, 5) is 0. The van der Waals surface area contributed by atoms with Gasteiger partial charge in [-0.1, -0.05) is 18.2 Å². The van der Waals surface area contributed by atoms with Crippen molar-refractivity contribution in [2.75, 3.05) is 0 Å². The number of hydrogen-bond acceptors (Lipinski definition) is 3. The monoisotopic (exact) mass is 304 g/mol. The Hall–Kier alpha value is -2.24. The van der Waals surface area contributed by atoms with E-state index in [1.807, 2.05) is 0 Å². The van der Waals surface area contributed by atoms with Crippen molar-refractivity contribution in [3.63, 3.8) is 0 Å². The van der Waals surface area contributed by atoms with E-state index in [9.17, 15) is 19.0 Å². The van der Waals surface area contributed by atoms with Crippen molar-refractivity contribution in [2.45, 2.75) is 19.1 Å². The van der Waals surface area contributed by atoms with Crippen LogP contribution < -0.4 is 4.74 Å². The molecule has 2 N–H and O–H groups in total. The minimum absolute atomic E-state index is 0.0221. The number of fused-ring (bicyclic) bond motifs is 1. The lowest BCUT2D eigenvalue weighted by molar-refractivity contribution is 0.156. The molecule has 2 aromatic carbocycles. The largest absolute Gasteiger partial charge is 0.458 e. The summed E-state index contributed by atoms with van der Waals surface area (Å²) in [7, 11) is 0. The summed E-state index contributed by atoms with van der Waals surface area (Å²) in [6, 6.07) is 9.68. The second kappa shape index (κ2) is 5.51. The molecular weight excluding hydrogens is 290 g/mol. The molecule has 0 saturated carbocycles. The molecule has 3 nitrogen and oxygen atoms in total. The molecule has 0 aromatic heterocycles. The van der Waals surface area contributed by atoms with Gasteiger partial charge in [0.15, 0.2) is 0 Å². The fourth-order valence-electron chi connectivity index (χ4n) is 2.59. The van der Waals surface area contributed by atoms with Gasteiger partial charge < -0.3 is 14.9 Å². The van der Waals surface area contributed by atoms with Gasteiger partial charge in [0.05, 0.1) is 5.56 Å². The Labute approximate surface area is 126 Å². The molecule has 1 aliphatic heterocycles. The zero-order valence-electron chi connectivity index (χ0n) is 11.8. The summed E-state index contributed by atoms with van der Waals surface area (Å²) < 4.78 is 33.0. The molecule has 0 fully saturated rings. The highest BCUT2D eigenvalue weighted by Gasteiger charge is 2.33. The van der Waals surface area contributed by atoms with Crippen LogP contribution in [0.2, 0.25) is 0 Å². The van der Waals surface area contributed by atoms with Crippen molar-refractivity contribution in [3.05, 3.63) is 71.0 Å². The Morgan fingerprint density at radius 1 is 1.14 bits per heavy atom. The van der Waals surface area contributed by atoms with Gasteiger partial charge in [-0.25, -0.2) is 8.78 Å². The van der Waals surface area contributed by atoms with Crippen molar-refractivity contribution in [1.29, 1.82) is 0 Å². The third-order valence-corrected chi connectivity index (χ3v) is 3.56. The topological polar surface area (TPSA) is 49.7 Å². The number of aliphatic hydroxyl groups is 2. The van der Waals surface area contributed by atoms with E-state index < -0.39 is 23.8 Å². The minimum atomic E-state index is -1.35. The van der Waals surface area contributed by atoms with Crippen LogP contribution in [0, 0.1) is 11.6 Å². The van der Waals surface area contributed by atoms with Gasteiger partial charge in [0.25, 0.3) is 0 Å². The molecular formula is C17H14F2O3. The van der Waals surface area contributed by atoms with Crippen LogP contribution in [-0.2, 0) is 0 Å². The predicted octanol–water partition coefficient (Wildman–Crippen LogP) is 3.18. The summed E-state index contributed by atoms with van der Waals surface area (Å²) >= 11 is 0. The number of benzene rings is 2. The summed E-state index contributed by atoms with van der Waals surface area (Å²) in [5, 5.41) is 20.5. The van der Waals surface area contributed by atoms with Gasteiger partial charge in [-0.3, -0.25) is 0 Å². The first-order valence-corrected chi connectivity index (χ1v) is 6.81. The zero-order chi connectivity index (χ0) is 15.9. The first kappa shape index (κ1) is 14.7. The van der Waals surface area contributed by atoms with Gasteiger partial charge in [-0.15, -0.1) is 0 Å². The van der Waals surface area contributed by atoms with Gasteiger partial charge in [0.2, 0.25) is 0 Å². The van der Waals surface area contributed by atoms with E-state index in [0.717, 1.165) is 0 Å². The van der Waals surface area contributed by atoms with Gasteiger partial charge in [-0.2, -0.15) is 0 Å². The minimum Gasteiger partial charge on any atom is -0.458 e. The first-order valence-electron chi connectivity index (χ1n) is 6.81. The molecule has 22 heavy (non-hydrogen) atoms. The third-order valence-electron chi connectivity index (χ3n) is 3.56. The molecule has 0 radical (unpaired) electrons. The van der Waals surface area contributed by atoms with E-state index in [1.165, 1.54) is 43.3 Å². The van der Waals surface area contributed by atoms with Crippen molar-refractivity contribution in [1.82, 2.24) is 0 Å². The average molecular weight is 304 g/mol. The lowest BCUT2D eigenvalue weighted by atomic mass is 9.90. The predicted molar refractivity (Wildman–Crippen MR) is 77.0 cm³/mol. The second-order valence-corrected chi connectivity index (χ2v) is 5.12. The lowest BCUT2D eigenvalue weighted by Gasteiger charge is -2.29. The molecule has 1 aliphatic rings. The molecule has 3 rings (SSSR count). The SMILES string of the molecule is C[C@@H](O)C1=C(c2cccc(F)c2)C(O)c2c(F)cccc2O1. The molecule has 0 amide bonds. The van der Waals surface area contributed by atoms with Crippen molar-refractivity contribution < 1.29 is 23.7 Å². The van der Waals surface area contributed by atoms with E-state index >= 15 is 0 Å². The van der Waals surface area contributed by atoms with E-state index in [-0.39, 0.29) is 22.6 Å². The van der Waals surface area contributed by atoms with Crippen LogP contribution in [0.5, 0.6) is 5.75 Å². The Morgan fingerprint density at radius 2 is 1.86 bits per heavy atom. The Kier molecular flexibility index (Phi) is 3.68. The van der Waals surface area contributed by atoms with E-state index in [1.54, 1.807) is 6.07 Å². The normalized spacial score (nSPS) is 18.7. The Bertz CT molecular complexity index is 753. The maximum atomic E-state index is 14.0. The molecule has 1 unspecified atom stereocenters. The fourth-order valence-corrected chi connectivity index (χ4v) is 2.59. The molecule has 114 valence electrons. The molecule has 2 atom stereocenters. The molecule has 0 bridgehead atoms. The summed E-state index contributed by atoms with van der Waals surface area (Å²) in [6.07, 6.45) is -2.39. The smallest absolute Gasteiger partial charge is 0.139 e. The van der Waals surface area contributed by atoms with Crippen LogP contribution in [0.15, 0.2) is 48.2 Å². The molecule has 1 heterocycles. The average Bonchev–Trinajstić information content (AvgIpc) is 2.46. The van der Waals surface area contributed by atoms with Crippen molar-refractivity contribution >= 4 is 5.57 Å². The fraction of sp³-hybridized carbons (Fsp3) is 0.176. The van der Waals surface area contributed by atoms with E-state index in [2.05, 4.69) is 0 Å². The maximum Gasteiger partial charge on any atom is 0.139 e. The van der Waals surface area contributed by atoms with Gasteiger partial charge in [0, 0.05) is 5.57 Å². The van der Waals surface area contributed by atoms with Crippen LogP contribution >= 0.6 is 0 Å². The van der Waals surface area contributed by atoms with Crippen LogP contribution in [0.3, 0.4) is 0 Å². The molecule has 2 aromatic rings. The highest BCUT2D eigenvalue weighted by molar-refractivity contribution is 5.75. The molecule has 0 aliphatic carbocycles. The van der Waals surface area contributed by atoms with Gasteiger partial charge in [-0.05, 0) is 36.8 Å². The lowest BCUT2D eigenvalue weighted by Crippen LogP contribution is -2.22. The quantitative estimate of drug-likeness (QED) is 0.896. The molecule has 0 saturated heterocycles. The Balaban J connectivity index is 2.22. The highest BCUT2D eigenvalue weighted by atomic mass is 19.1. The van der Waals surface area contributed by atoms with Crippen LogP contribution in [0.1, 0.15) is 24.2 Å². The van der Waals surface area contributed by atoms with Gasteiger partial charge in [0.1, 0.15) is 35.4 Å². The summed E-state index contributed by atoms with van der Waals surface area (Å²) in [5.74, 6) is -0.898. The zero-order valence-corrected chi connectivity index (χ0v) is 11.8. The number of ether oxygens (including phenoxy) is 1. The van der Waals surface area contributed by atoms with Gasteiger partial charge >= 0.3 is 0 Å². The summed E-state index contributed by atoms with van der Waals surface area (Å²) in [5.41, 5.74) is 0.468. The van der Waals surface area contributed by atoms with Crippen LogP contribution in [-0.4, -0.2) is 16.3 Å². The van der Waals surface area contributed by atoms with Crippen molar-refractivity contribution in [3.8, 4) is 5.75 Å². The van der Waals surface area contributed by atoms with Crippen LogP contribution in [0.4, 0.5) is 8.78 Å². The first-order chi connectivity index (χ1) is 10.5. The number of aliphatic hydroxyl groups excluding tert-OH is 2. The number of rotatable bonds is 2. The highest BCUT2D eigenvalue weighted by Crippen LogP contribution is 2.44. The third kappa shape index (κ3) is 2.38. The maximum absolute atomic E-state index is 14.0.